The van der Waals surface area contributed by atoms with Gasteiger partial charge in [-0.3, -0.25) is 0 Å². The van der Waals surface area contributed by atoms with Crippen molar-refractivity contribution in [2.45, 2.75) is 49.0 Å². The van der Waals surface area contributed by atoms with Crippen LogP contribution in [-0.4, -0.2) is 42.0 Å². The summed E-state index contributed by atoms with van der Waals surface area (Å²) in [7, 11) is -1.98. The number of rotatable bonds is 3. The van der Waals surface area contributed by atoms with Crippen molar-refractivity contribution < 1.29 is 13.5 Å². The van der Waals surface area contributed by atoms with Crippen LogP contribution in [0.5, 0.6) is 0 Å². The van der Waals surface area contributed by atoms with E-state index in [1.54, 1.807) is 14.0 Å². The number of thiazole rings is 1. The van der Waals surface area contributed by atoms with E-state index in [4.69, 9.17) is 0 Å². The fraction of sp³-hybridized carbons (Fsp3) is 0.727. The largest absolute Gasteiger partial charge is 0.391 e. The summed E-state index contributed by atoms with van der Waals surface area (Å²) in [5.74, 6) is 0. The SMILES string of the molecule is Cc1ncc(S(=O)(=O)N(C)C2CCCCC2O)s1. The predicted molar refractivity (Wildman–Crippen MR) is 70.1 cm³/mol. The van der Waals surface area contributed by atoms with Gasteiger partial charge >= 0.3 is 0 Å². The summed E-state index contributed by atoms with van der Waals surface area (Å²) in [5.41, 5.74) is 0. The third-order valence-electron chi connectivity index (χ3n) is 3.39. The first kappa shape index (κ1) is 13.9. The third-order valence-corrected chi connectivity index (χ3v) is 6.63. The summed E-state index contributed by atoms with van der Waals surface area (Å²) >= 11 is 1.17. The van der Waals surface area contributed by atoms with Crippen molar-refractivity contribution >= 4 is 21.4 Å². The molecule has 1 aromatic heterocycles. The van der Waals surface area contributed by atoms with E-state index in [9.17, 15) is 13.5 Å². The van der Waals surface area contributed by atoms with Crippen LogP contribution in [0.4, 0.5) is 0 Å². The molecule has 7 heteroatoms. The van der Waals surface area contributed by atoms with Crippen LogP contribution in [0.15, 0.2) is 10.4 Å². The van der Waals surface area contributed by atoms with Crippen LogP contribution in [0.3, 0.4) is 0 Å². The fourth-order valence-electron chi connectivity index (χ4n) is 2.30. The van der Waals surface area contributed by atoms with E-state index >= 15 is 0 Å². The zero-order valence-electron chi connectivity index (χ0n) is 10.5. The minimum Gasteiger partial charge on any atom is -0.391 e. The standard InChI is InChI=1S/C11H18N2O3S2/c1-8-12-7-11(17-8)18(15,16)13(2)9-5-3-4-6-10(9)14/h7,9-10,14H,3-6H2,1-2H3. The van der Waals surface area contributed by atoms with Gasteiger partial charge in [0, 0.05) is 7.05 Å². The maximum absolute atomic E-state index is 12.4. The van der Waals surface area contributed by atoms with Gasteiger partial charge in [-0.25, -0.2) is 13.4 Å². The van der Waals surface area contributed by atoms with E-state index in [1.165, 1.54) is 21.8 Å². The predicted octanol–water partition coefficient (Wildman–Crippen LogP) is 1.38. The van der Waals surface area contributed by atoms with Crippen LogP contribution in [0.2, 0.25) is 0 Å². The quantitative estimate of drug-likeness (QED) is 0.913. The molecule has 0 bridgehead atoms. The molecule has 1 heterocycles. The first-order valence-corrected chi connectivity index (χ1v) is 8.27. The molecule has 1 N–H and O–H groups in total. The Morgan fingerprint density at radius 1 is 1.44 bits per heavy atom. The van der Waals surface area contributed by atoms with Crippen molar-refractivity contribution in [2.24, 2.45) is 0 Å². The Balaban J connectivity index is 2.24. The lowest BCUT2D eigenvalue weighted by molar-refractivity contribution is 0.0638. The fourth-order valence-corrected chi connectivity index (χ4v) is 5.01. The molecule has 5 nitrogen and oxygen atoms in total. The molecule has 1 aliphatic rings. The van der Waals surface area contributed by atoms with Gasteiger partial charge in [0.05, 0.1) is 23.4 Å². The molecule has 1 saturated carbocycles. The molecule has 1 aromatic rings. The van der Waals surface area contributed by atoms with Crippen LogP contribution in [0, 0.1) is 6.92 Å². The topological polar surface area (TPSA) is 70.5 Å². The average molecular weight is 290 g/mol. The Morgan fingerprint density at radius 3 is 2.67 bits per heavy atom. The maximum atomic E-state index is 12.4. The first-order valence-electron chi connectivity index (χ1n) is 6.01. The minimum atomic E-state index is -3.52. The van der Waals surface area contributed by atoms with Gasteiger partial charge in [0.2, 0.25) is 0 Å². The number of hydrogen-bond acceptors (Lipinski definition) is 5. The molecule has 0 aliphatic heterocycles. The monoisotopic (exact) mass is 290 g/mol. The second kappa shape index (κ2) is 5.24. The molecule has 102 valence electrons. The van der Waals surface area contributed by atoms with Gasteiger partial charge in [0.15, 0.2) is 4.21 Å². The lowest BCUT2D eigenvalue weighted by Gasteiger charge is -2.33. The molecular formula is C11H18N2O3S2. The van der Waals surface area contributed by atoms with Crippen LogP contribution in [-0.2, 0) is 10.0 Å². The summed E-state index contributed by atoms with van der Waals surface area (Å²) < 4.78 is 26.3. The molecule has 1 aliphatic carbocycles. The molecule has 18 heavy (non-hydrogen) atoms. The number of likely N-dealkylation sites (N-methyl/N-ethyl adjacent to an activating group) is 1. The van der Waals surface area contributed by atoms with Gasteiger partial charge in [-0.15, -0.1) is 11.3 Å². The molecule has 2 rings (SSSR count). The van der Waals surface area contributed by atoms with E-state index in [0.717, 1.165) is 17.8 Å². The Kier molecular flexibility index (Phi) is 4.05. The molecule has 2 atom stereocenters. The lowest BCUT2D eigenvalue weighted by atomic mass is 9.93. The molecule has 0 radical (unpaired) electrons. The van der Waals surface area contributed by atoms with Crippen molar-refractivity contribution in [3.05, 3.63) is 11.2 Å². The highest BCUT2D eigenvalue weighted by molar-refractivity contribution is 7.91. The van der Waals surface area contributed by atoms with E-state index in [-0.39, 0.29) is 10.3 Å². The highest BCUT2D eigenvalue weighted by Crippen LogP contribution is 2.28. The van der Waals surface area contributed by atoms with Crippen molar-refractivity contribution in [1.82, 2.24) is 9.29 Å². The van der Waals surface area contributed by atoms with Gasteiger partial charge in [-0.05, 0) is 19.8 Å². The van der Waals surface area contributed by atoms with Crippen LogP contribution < -0.4 is 0 Å². The van der Waals surface area contributed by atoms with Gasteiger partial charge in [0.25, 0.3) is 10.0 Å². The average Bonchev–Trinajstić information content (AvgIpc) is 2.76. The summed E-state index contributed by atoms with van der Waals surface area (Å²) in [6.45, 7) is 1.78. The number of aryl methyl sites for hydroxylation is 1. The van der Waals surface area contributed by atoms with Crippen LogP contribution in [0.25, 0.3) is 0 Å². The van der Waals surface area contributed by atoms with Crippen molar-refractivity contribution in [2.75, 3.05) is 7.05 Å². The Bertz CT molecular complexity index is 512. The zero-order chi connectivity index (χ0) is 13.3. The molecule has 0 saturated heterocycles. The number of hydrogen-bond donors (Lipinski definition) is 1. The van der Waals surface area contributed by atoms with E-state index in [1.807, 2.05) is 0 Å². The lowest BCUT2D eigenvalue weighted by Crippen LogP contribution is -2.46. The van der Waals surface area contributed by atoms with Crippen LogP contribution in [0.1, 0.15) is 30.7 Å². The second-order valence-corrected chi connectivity index (χ2v) is 8.10. The minimum absolute atomic E-state index is 0.250. The number of nitrogens with zero attached hydrogens (tertiary/aromatic N) is 2. The maximum Gasteiger partial charge on any atom is 0.254 e. The van der Waals surface area contributed by atoms with E-state index in [2.05, 4.69) is 4.98 Å². The van der Waals surface area contributed by atoms with Crippen LogP contribution >= 0.6 is 11.3 Å². The third kappa shape index (κ3) is 2.59. The summed E-state index contributed by atoms with van der Waals surface area (Å²) in [6.07, 6.45) is 4.14. The summed E-state index contributed by atoms with van der Waals surface area (Å²) in [5, 5.41) is 10.7. The van der Waals surface area contributed by atoms with E-state index < -0.39 is 16.1 Å². The Labute approximate surface area is 112 Å². The molecule has 0 spiro atoms. The van der Waals surface area contributed by atoms with Gasteiger partial charge in [-0.2, -0.15) is 4.31 Å². The first-order chi connectivity index (χ1) is 8.43. The zero-order valence-corrected chi connectivity index (χ0v) is 12.2. The smallest absolute Gasteiger partial charge is 0.254 e. The molecular weight excluding hydrogens is 272 g/mol. The van der Waals surface area contributed by atoms with Gasteiger partial charge in [0.1, 0.15) is 0 Å². The van der Waals surface area contributed by atoms with Gasteiger partial charge < -0.3 is 5.11 Å². The highest BCUT2D eigenvalue weighted by atomic mass is 32.2. The molecule has 0 aromatic carbocycles. The Morgan fingerprint density at radius 2 is 2.11 bits per heavy atom. The molecule has 2 unspecified atom stereocenters. The normalized spacial score (nSPS) is 25.6. The summed E-state index contributed by atoms with van der Waals surface area (Å²) in [4.78, 5) is 3.98. The van der Waals surface area contributed by atoms with Crippen molar-refractivity contribution in [3.8, 4) is 0 Å². The second-order valence-electron chi connectivity index (χ2n) is 4.64. The number of aromatic nitrogens is 1. The highest BCUT2D eigenvalue weighted by Gasteiger charge is 2.35. The Hall–Kier alpha value is -0.500. The molecule has 0 amide bonds. The summed E-state index contributed by atoms with van der Waals surface area (Å²) in [6, 6.07) is -0.314. The van der Waals surface area contributed by atoms with Crippen molar-refractivity contribution in [3.63, 3.8) is 0 Å². The molecule has 1 fully saturated rings. The van der Waals surface area contributed by atoms with E-state index in [0.29, 0.717) is 12.8 Å². The van der Waals surface area contributed by atoms with Gasteiger partial charge in [-0.1, -0.05) is 12.8 Å². The number of aliphatic hydroxyl groups is 1. The number of sulfonamides is 1. The number of aliphatic hydroxyl groups excluding tert-OH is 1. The van der Waals surface area contributed by atoms with Crippen molar-refractivity contribution in [1.29, 1.82) is 0 Å².